The summed E-state index contributed by atoms with van der Waals surface area (Å²) in [7, 11) is 1.32. The normalized spacial score (nSPS) is 10.5. The Bertz CT molecular complexity index is 1010. The molecule has 1 amide bonds. The molecule has 0 saturated carbocycles. The highest BCUT2D eigenvalue weighted by Gasteiger charge is 2.09. The summed E-state index contributed by atoms with van der Waals surface area (Å²) in [5.74, 6) is -0.639. The van der Waals surface area contributed by atoms with Crippen LogP contribution in [0.2, 0.25) is 0 Å². The fourth-order valence-corrected chi connectivity index (χ4v) is 2.56. The number of esters is 1. The molecule has 1 heterocycles. The number of rotatable bonds is 5. The second-order valence-corrected chi connectivity index (χ2v) is 5.65. The smallest absolute Gasteiger partial charge is 0.337 e. The third-order valence-corrected chi connectivity index (χ3v) is 3.92. The molecule has 3 aromatic rings. The average Bonchev–Trinajstić information content (AvgIpc) is 2.68. The zero-order valence-electron chi connectivity index (χ0n) is 14.1. The second kappa shape index (κ2) is 7.60. The number of methoxy groups -OCH3 is 1. The summed E-state index contributed by atoms with van der Waals surface area (Å²) in [6.45, 7) is 0.319. The molecular weight excluding hydrogens is 334 g/mol. The maximum atomic E-state index is 12.2. The summed E-state index contributed by atoms with van der Waals surface area (Å²) in [5.41, 5.74) is 1.73. The molecule has 0 fully saturated rings. The topological polar surface area (TPSA) is 90.3 Å². The van der Waals surface area contributed by atoms with Gasteiger partial charge in [-0.15, -0.1) is 0 Å². The van der Waals surface area contributed by atoms with E-state index in [-0.39, 0.29) is 17.9 Å². The quantitative estimate of drug-likeness (QED) is 0.704. The first-order chi connectivity index (χ1) is 12.6. The van der Waals surface area contributed by atoms with Gasteiger partial charge in [-0.2, -0.15) is 5.10 Å². The van der Waals surface area contributed by atoms with Gasteiger partial charge >= 0.3 is 5.97 Å². The number of nitrogens with zero attached hydrogens (tertiary/aromatic N) is 2. The molecule has 1 N–H and O–H groups in total. The van der Waals surface area contributed by atoms with Crippen molar-refractivity contribution in [2.75, 3.05) is 7.11 Å². The second-order valence-electron chi connectivity index (χ2n) is 5.65. The number of fused-ring (bicyclic) bond motifs is 1. The van der Waals surface area contributed by atoms with Gasteiger partial charge in [0.25, 0.3) is 0 Å². The molecule has 0 radical (unpaired) electrons. The average molecular weight is 351 g/mol. The molecule has 0 aliphatic rings. The van der Waals surface area contributed by atoms with E-state index in [9.17, 15) is 14.4 Å². The van der Waals surface area contributed by atoms with E-state index in [0.717, 1.165) is 5.56 Å². The first-order valence-electron chi connectivity index (χ1n) is 7.97. The molecule has 1 aromatic heterocycles. The monoisotopic (exact) mass is 351 g/mol. The van der Waals surface area contributed by atoms with Crippen molar-refractivity contribution in [2.45, 2.75) is 13.1 Å². The van der Waals surface area contributed by atoms with Crippen LogP contribution in [0.15, 0.2) is 59.5 Å². The summed E-state index contributed by atoms with van der Waals surface area (Å²) < 4.78 is 6.14. The zero-order valence-corrected chi connectivity index (χ0v) is 14.1. The van der Waals surface area contributed by atoms with Gasteiger partial charge in [-0.3, -0.25) is 14.3 Å². The number of carbonyl (C=O) groups is 2. The van der Waals surface area contributed by atoms with Gasteiger partial charge in [0.05, 0.1) is 24.4 Å². The van der Waals surface area contributed by atoms with Crippen molar-refractivity contribution in [3.05, 3.63) is 76.1 Å². The molecule has 0 bridgehead atoms. The molecule has 0 aliphatic carbocycles. The summed E-state index contributed by atoms with van der Waals surface area (Å²) in [4.78, 5) is 35.4. The van der Waals surface area contributed by atoms with Crippen LogP contribution in [0.4, 0.5) is 0 Å². The van der Waals surface area contributed by atoms with Crippen LogP contribution in [0.25, 0.3) is 10.9 Å². The zero-order chi connectivity index (χ0) is 18.5. The number of hydrogen-bond donors (Lipinski definition) is 1. The Labute approximate surface area is 149 Å². The van der Waals surface area contributed by atoms with Crippen LogP contribution >= 0.6 is 0 Å². The number of carbonyl (C=O) groups excluding carboxylic acids is 2. The Morgan fingerprint density at radius 3 is 2.58 bits per heavy atom. The van der Waals surface area contributed by atoms with Crippen molar-refractivity contribution in [3.63, 3.8) is 0 Å². The van der Waals surface area contributed by atoms with Crippen molar-refractivity contribution in [2.24, 2.45) is 0 Å². The fraction of sp³-hybridized carbons (Fsp3) is 0.158. The predicted molar refractivity (Wildman–Crippen MR) is 95.6 cm³/mol. The predicted octanol–water partition coefficient (Wildman–Crippen LogP) is 1.50. The minimum Gasteiger partial charge on any atom is -0.465 e. The molecular formula is C19H17N3O4. The molecule has 0 atom stereocenters. The van der Waals surface area contributed by atoms with Crippen LogP contribution in [0.5, 0.6) is 0 Å². The van der Waals surface area contributed by atoms with Gasteiger partial charge in [-0.25, -0.2) is 4.79 Å². The molecule has 2 aromatic carbocycles. The van der Waals surface area contributed by atoms with Crippen LogP contribution < -0.4 is 10.7 Å². The Kier molecular flexibility index (Phi) is 5.07. The lowest BCUT2D eigenvalue weighted by molar-refractivity contribution is -0.121. The first-order valence-corrected chi connectivity index (χ1v) is 7.97. The summed E-state index contributed by atoms with van der Waals surface area (Å²) in [6.07, 6.45) is 1.21. The maximum Gasteiger partial charge on any atom is 0.337 e. The molecule has 0 spiro atoms. The minimum atomic E-state index is -0.406. The van der Waals surface area contributed by atoms with Crippen molar-refractivity contribution in [3.8, 4) is 0 Å². The van der Waals surface area contributed by atoms with Crippen molar-refractivity contribution >= 4 is 22.8 Å². The summed E-state index contributed by atoms with van der Waals surface area (Å²) in [5, 5.41) is 7.35. The largest absolute Gasteiger partial charge is 0.465 e. The number of nitrogens with one attached hydrogen (secondary N) is 1. The summed E-state index contributed by atoms with van der Waals surface area (Å²) >= 11 is 0. The lowest BCUT2D eigenvalue weighted by atomic mass is 10.1. The standard InChI is InChI=1S/C19H17N3O4/c1-26-19(25)14-8-6-13(7-9-14)10-20-18(24)12-22-16-5-3-2-4-15(16)17(23)11-21-22/h2-9,11H,10,12H2,1H3,(H,20,24). The van der Waals surface area contributed by atoms with E-state index in [1.807, 2.05) is 0 Å². The molecule has 7 heteroatoms. The molecule has 3 rings (SSSR count). The van der Waals surface area contributed by atoms with Gasteiger partial charge in [0.1, 0.15) is 6.54 Å². The fourth-order valence-electron chi connectivity index (χ4n) is 2.56. The van der Waals surface area contributed by atoms with E-state index in [1.165, 1.54) is 18.0 Å². The summed E-state index contributed by atoms with van der Waals surface area (Å²) in [6, 6.07) is 13.8. The van der Waals surface area contributed by atoms with Gasteiger partial charge in [0.2, 0.25) is 11.3 Å². The van der Waals surface area contributed by atoms with E-state index >= 15 is 0 Å². The SMILES string of the molecule is COC(=O)c1ccc(CNC(=O)Cn2ncc(=O)c3ccccc32)cc1. The molecule has 7 nitrogen and oxygen atoms in total. The van der Waals surface area contributed by atoms with Crippen LogP contribution in [0, 0.1) is 0 Å². The molecule has 26 heavy (non-hydrogen) atoms. The number of amides is 1. The van der Waals surface area contributed by atoms with E-state index in [0.29, 0.717) is 23.0 Å². The van der Waals surface area contributed by atoms with Gasteiger partial charge < -0.3 is 10.1 Å². The number of benzene rings is 2. The lowest BCUT2D eigenvalue weighted by Gasteiger charge is -2.10. The van der Waals surface area contributed by atoms with Gasteiger partial charge in [-0.1, -0.05) is 24.3 Å². The molecule has 132 valence electrons. The van der Waals surface area contributed by atoms with E-state index in [4.69, 9.17) is 0 Å². The molecule has 0 aliphatic heterocycles. The van der Waals surface area contributed by atoms with Gasteiger partial charge in [0.15, 0.2) is 0 Å². The van der Waals surface area contributed by atoms with E-state index in [1.54, 1.807) is 48.5 Å². The van der Waals surface area contributed by atoms with Crippen molar-refractivity contribution in [1.82, 2.24) is 15.1 Å². The Balaban J connectivity index is 1.66. The lowest BCUT2D eigenvalue weighted by Crippen LogP contribution is -2.28. The molecule has 0 unspecified atom stereocenters. The maximum absolute atomic E-state index is 12.2. The molecule has 0 saturated heterocycles. The number of hydrogen-bond acceptors (Lipinski definition) is 5. The first kappa shape index (κ1) is 17.3. The van der Waals surface area contributed by atoms with Gasteiger partial charge in [0, 0.05) is 11.9 Å². The minimum absolute atomic E-state index is 0.00103. The van der Waals surface area contributed by atoms with Crippen LogP contribution in [0.1, 0.15) is 15.9 Å². The third-order valence-electron chi connectivity index (χ3n) is 3.92. The van der Waals surface area contributed by atoms with Crippen molar-refractivity contribution in [1.29, 1.82) is 0 Å². The van der Waals surface area contributed by atoms with Crippen LogP contribution in [-0.4, -0.2) is 28.8 Å². The highest BCUT2D eigenvalue weighted by molar-refractivity contribution is 5.89. The highest BCUT2D eigenvalue weighted by atomic mass is 16.5. The number of ether oxygens (including phenoxy) is 1. The third kappa shape index (κ3) is 3.77. The van der Waals surface area contributed by atoms with Crippen molar-refractivity contribution < 1.29 is 14.3 Å². The van der Waals surface area contributed by atoms with E-state index in [2.05, 4.69) is 15.2 Å². The Hall–Kier alpha value is -3.48. The Morgan fingerprint density at radius 1 is 1.12 bits per heavy atom. The number of aromatic nitrogens is 2. The van der Waals surface area contributed by atoms with E-state index < -0.39 is 5.97 Å². The highest BCUT2D eigenvalue weighted by Crippen LogP contribution is 2.08. The number of para-hydroxylation sites is 1. The Morgan fingerprint density at radius 2 is 1.85 bits per heavy atom. The van der Waals surface area contributed by atoms with Crippen LogP contribution in [0.3, 0.4) is 0 Å². The van der Waals surface area contributed by atoms with Crippen LogP contribution in [-0.2, 0) is 22.6 Å². The van der Waals surface area contributed by atoms with Gasteiger partial charge in [-0.05, 0) is 29.8 Å².